The number of anilines is 3. The van der Waals surface area contributed by atoms with Crippen LogP contribution in [0.3, 0.4) is 0 Å². The summed E-state index contributed by atoms with van der Waals surface area (Å²) < 4.78 is 28.6. The zero-order valence-corrected chi connectivity index (χ0v) is 13.3. The fourth-order valence-electron chi connectivity index (χ4n) is 2.17. The number of rotatable bonds is 6. The van der Waals surface area contributed by atoms with Crippen LogP contribution in [0.15, 0.2) is 36.8 Å². The van der Waals surface area contributed by atoms with E-state index in [4.69, 9.17) is 5.41 Å². The van der Waals surface area contributed by atoms with Crippen LogP contribution >= 0.6 is 0 Å². The molecule has 7 nitrogen and oxygen atoms in total. The van der Waals surface area contributed by atoms with Crippen LogP contribution in [-0.4, -0.2) is 26.0 Å². The lowest BCUT2D eigenvalue weighted by atomic mass is 10.2. The summed E-state index contributed by atoms with van der Waals surface area (Å²) in [4.78, 5) is 8.39. The molecule has 3 N–H and O–H groups in total. The van der Waals surface area contributed by atoms with Crippen molar-refractivity contribution < 1.29 is 10.2 Å². The Kier molecular flexibility index (Phi) is 4.64. The van der Waals surface area contributed by atoms with Crippen LogP contribution in [0.4, 0.5) is 26.2 Å². The van der Waals surface area contributed by atoms with Crippen LogP contribution in [0, 0.1) is 17.0 Å². The molecule has 0 aliphatic rings. The van der Waals surface area contributed by atoms with Crippen molar-refractivity contribution in [3.8, 4) is 0 Å². The number of aryl methyl sites for hydroxylation is 1. The van der Waals surface area contributed by atoms with Crippen molar-refractivity contribution in [2.75, 3.05) is 10.6 Å². The Bertz CT molecular complexity index is 913. The number of nitrogens with one attached hydrogen (secondary N) is 3. The predicted molar refractivity (Wildman–Crippen MR) is 92.2 cm³/mol. The SMILES string of the molecule is Cn1cc(Nc2ncc(C=N)c(NCc3cc(F)ccc3F)n2)cn1.[HH]. The van der Waals surface area contributed by atoms with Gasteiger partial charge in [-0.1, -0.05) is 0 Å². The topological polar surface area (TPSA) is 91.5 Å². The molecule has 0 radical (unpaired) electrons. The molecule has 9 heteroatoms. The quantitative estimate of drug-likeness (QED) is 0.597. The van der Waals surface area contributed by atoms with Crippen LogP contribution < -0.4 is 10.6 Å². The van der Waals surface area contributed by atoms with E-state index >= 15 is 0 Å². The maximum atomic E-state index is 13.7. The molecule has 3 rings (SSSR count). The highest BCUT2D eigenvalue weighted by Gasteiger charge is 2.09. The molecule has 0 unspecified atom stereocenters. The third kappa shape index (κ3) is 3.94. The fourth-order valence-corrected chi connectivity index (χ4v) is 2.17. The lowest BCUT2D eigenvalue weighted by molar-refractivity contribution is 0.587. The van der Waals surface area contributed by atoms with E-state index in [-0.39, 0.29) is 13.5 Å². The van der Waals surface area contributed by atoms with Crippen molar-refractivity contribution in [2.45, 2.75) is 6.54 Å². The van der Waals surface area contributed by atoms with Gasteiger partial charge in [0, 0.05) is 39.2 Å². The second kappa shape index (κ2) is 7.04. The summed E-state index contributed by atoms with van der Waals surface area (Å²) in [6.45, 7) is 0.0216. The highest BCUT2D eigenvalue weighted by atomic mass is 19.1. The third-order valence-corrected chi connectivity index (χ3v) is 3.39. The molecule has 0 saturated heterocycles. The molecule has 3 aromatic rings. The van der Waals surface area contributed by atoms with Crippen LogP contribution in [0.25, 0.3) is 0 Å². The molecule has 0 amide bonds. The van der Waals surface area contributed by atoms with Gasteiger partial charge in [0.15, 0.2) is 0 Å². The molecule has 2 heterocycles. The van der Waals surface area contributed by atoms with E-state index in [1.165, 1.54) is 6.20 Å². The van der Waals surface area contributed by atoms with Gasteiger partial charge in [0.2, 0.25) is 5.95 Å². The molecule has 0 spiro atoms. The van der Waals surface area contributed by atoms with E-state index < -0.39 is 11.6 Å². The molecule has 0 fully saturated rings. The van der Waals surface area contributed by atoms with Crippen molar-refractivity contribution >= 4 is 23.7 Å². The number of aromatic nitrogens is 4. The molecule has 25 heavy (non-hydrogen) atoms. The Hall–Kier alpha value is -3.36. The first-order valence-corrected chi connectivity index (χ1v) is 7.36. The van der Waals surface area contributed by atoms with E-state index in [1.807, 2.05) is 0 Å². The molecule has 1 aromatic carbocycles. The predicted octanol–water partition coefficient (Wildman–Crippen LogP) is 3.09. The van der Waals surface area contributed by atoms with Crippen molar-refractivity contribution in [1.82, 2.24) is 19.7 Å². The normalized spacial score (nSPS) is 10.5. The van der Waals surface area contributed by atoms with Crippen molar-refractivity contribution in [2.24, 2.45) is 7.05 Å². The molecule has 0 aliphatic carbocycles. The number of halogens is 2. The Labute approximate surface area is 143 Å². The lowest BCUT2D eigenvalue weighted by Crippen LogP contribution is -2.08. The van der Waals surface area contributed by atoms with Gasteiger partial charge in [0.1, 0.15) is 17.5 Å². The van der Waals surface area contributed by atoms with E-state index in [0.29, 0.717) is 23.0 Å². The summed E-state index contributed by atoms with van der Waals surface area (Å²) in [5, 5.41) is 17.3. The van der Waals surface area contributed by atoms with Crippen LogP contribution in [-0.2, 0) is 13.6 Å². The minimum Gasteiger partial charge on any atom is -0.365 e. The summed E-state index contributed by atoms with van der Waals surface area (Å²) in [5.74, 6) is -0.416. The molecule has 2 aromatic heterocycles. The van der Waals surface area contributed by atoms with E-state index in [1.54, 1.807) is 24.1 Å². The Morgan fingerprint density at radius 3 is 2.88 bits per heavy atom. The monoisotopic (exact) mass is 345 g/mol. The zero-order chi connectivity index (χ0) is 17.8. The van der Waals surface area contributed by atoms with Crippen molar-refractivity contribution in [3.05, 3.63) is 59.6 Å². The fraction of sp³-hybridized carbons (Fsp3) is 0.125. The van der Waals surface area contributed by atoms with Gasteiger partial charge in [0.25, 0.3) is 0 Å². The van der Waals surface area contributed by atoms with Gasteiger partial charge in [-0.2, -0.15) is 10.1 Å². The molecule has 0 saturated carbocycles. The molecule has 130 valence electrons. The summed E-state index contributed by atoms with van der Waals surface area (Å²) in [5.41, 5.74) is 1.29. The zero-order valence-electron chi connectivity index (χ0n) is 13.3. The number of nitrogens with zero attached hydrogens (tertiary/aromatic N) is 4. The average Bonchev–Trinajstić information content (AvgIpc) is 3.00. The number of benzene rings is 1. The van der Waals surface area contributed by atoms with Crippen molar-refractivity contribution in [3.63, 3.8) is 0 Å². The van der Waals surface area contributed by atoms with Gasteiger partial charge in [-0.15, -0.1) is 0 Å². The van der Waals surface area contributed by atoms with Crippen LogP contribution in [0.2, 0.25) is 0 Å². The first kappa shape index (κ1) is 16.5. The Morgan fingerprint density at radius 1 is 1.32 bits per heavy atom. The smallest absolute Gasteiger partial charge is 0.229 e. The largest absolute Gasteiger partial charge is 0.365 e. The maximum absolute atomic E-state index is 13.7. The molecule has 0 aliphatic heterocycles. The number of hydrogen-bond donors (Lipinski definition) is 3. The third-order valence-electron chi connectivity index (χ3n) is 3.39. The van der Waals surface area contributed by atoms with Gasteiger partial charge >= 0.3 is 0 Å². The van der Waals surface area contributed by atoms with Crippen LogP contribution in [0.5, 0.6) is 0 Å². The highest BCUT2D eigenvalue weighted by molar-refractivity contribution is 5.84. The van der Waals surface area contributed by atoms with Gasteiger partial charge in [-0.05, 0) is 18.2 Å². The first-order chi connectivity index (χ1) is 12.0. The molecular weight excluding hydrogens is 328 g/mol. The standard InChI is InChI=1S/C16H15F2N7.H2/c1-25-9-13(8-22-25)23-16-21-7-11(5-19)15(24-16)20-6-10-4-12(17)2-3-14(10)18;/h2-5,7-9,19H,6H2,1H3,(H2,20,21,23,24);1H. The highest BCUT2D eigenvalue weighted by Crippen LogP contribution is 2.18. The molecule has 0 atom stereocenters. The van der Waals surface area contributed by atoms with E-state index in [2.05, 4.69) is 25.7 Å². The maximum Gasteiger partial charge on any atom is 0.229 e. The minimum atomic E-state index is -0.521. The Morgan fingerprint density at radius 2 is 2.16 bits per heavy atom. The van der Waals surface area contributed by atoms with Gasteiger partial charge in [-0.25, -0.2) is 13.8 Å². The second-order valence-electron chi connectivity index (χ2n) is 5.26. The summed E-state index contributed by atoms with van der Waals surface area (Å²) in [6.07, 6.45) is 5.91. The van der Waals surface area contributed by atoms with Crippen molar-refractivity contribution in [1.29, 1.82) is 5.41 Å². The summed E-state index contributed by atoms with van der Waals surface area (Å²) >= 11 is 0. The molecular formula is C16H17F2N7. The second-order valence-corrected chi connectivity index (χ2v) is 5.26. The summed E-state index contributed by atoms with van der Waals surface area (Å²) in [7, 11) is 1.78. The summed E-state index contributed by atoms with van der Waals surface area (Å²) in [6, 6.07) is 3.24. The van der Waals surface area contributed by atoms with E-state index in [0.717, 1.165) is 24.4 Å². The first-order valence-electron chi connectivity index (χ1n) is 7.36. The molecule has 0 bridgehead atoms. The average molecular weight is 345 g/mol. The van der Waals surface area contributed by atoms with Gasteiger partial charge in [0.05, 0.1) is 17.4 Å². The van der Waals surface area contributed by atoms with Crippen LogP contribution in [0.1, 0.15) is 12.6 Å². The van der Waals surface area contributed by atoms with E-state index in [9.17, 15) is 8.78 Å². The minimum absolute atomic E-state index is 0. The van der Waals surface area contributed by atoms with Gasteiger partial charge < -0.3 is 16.0 Å². The van der Waals surface area contributed by atoms with Gasteiger partial charge in [-0.3, -0.25) is 4.68 Å². The Balaban J connectivity index is 0.00000243. The lowest BCUT2D eigenvalue weighted by Gasteiger charge is -2.11. The number of hydrogen-bond acceptors (Lipinski definition) is 6.